The lowest BCUT2D eigenvalue weighted by atomic mass is 9.85. The van der Waals surface area contributed by atoms with Gasteiger partial charge in [0.2, 0.25) is 0 Å². The van der Waals surface area contributed by atoms with Gasteiger partial charge < -0.3 is 9.30 Å². The monoisotopic (exact) mass is 346 g/mol. The highest BCUT2D eigenvalue weighted by atomic mass is 32.1. The van der Waals surface area contributed by atoms with E-state index < -0.39 is 0 Å². The molecule has 1 aliphatic carbocycles. The first-order chi connectivity index (χ1) is 11.5. The van der Waals surface area contributed by atoms with Crippen LogP contribution in [0, 0.1) is 19.8 Å². The third-order valence-corrected chi connectivity index (χ3v) is 5.59. The van der Waals surface area contributed by atoms with Crippen molar-refractivity contribution in [1.82, 2.24) is 4.57 Å². The van der Waals surface area contributed by atoms with E-state index in [-0.39, 0.29) is 24.3 Å². The van der Waals surface area contributed by atoms with Gasteiger partial charge in [0.05, 0.1) is 16.8 Å². The van der Waals surface area contributed by atoms with Crippen LogP contribution < -0.4 is 4.80 Å². The van der Waals surface area contributed by atoms with Crippen LogP contribution in [0.15, 0.2) is 17.1 Å². The number of aryl methyl sites for hydroxylation is 2. The molecule has 1 aromatic heterocycles. The van der Waals surface area contributed by atoms with Gasteiger partial charge in [-0.3, -0.25) is 9.59 Å². The number of carbonyl (C=O) groups excluding carboxylic acids is 2. The summed E-state index contributed by atoms with van der Waals surface area (Å²) in [5.41, 5.74) is 3.26. The molecule has 1 heterocycles. The van der Waals surface area contributed by atoms with Crippen LogP contribution >= 0.6 is 11.3 Å². The molecule has 1 saturated carbocycles. The molecule has 6 heteroatoms. The Hall–Kier alpha value is -1.95. The fourth-order valence-corrected chi connectivity index (χ4v) is 3.85. The van der Waals surface area contributed by atoms with Gasteiger partial charge in [-0.2, -0.15) is 4.99 Å². The number of esters is 1. The molecular formula is C18H22N2O3S. The Morgan fingerprint density at radius 3 is 2.62 bits per heavy atom. The van der Waals surface area contributed by atoms with Gasteiger partial charge in [-0.15, -0.1) is 0 Å². The maximum atomic E-state index is 12.3. The van der Waals surface area contributed by atoms with Crippen molar-refractivity contribution in [3.05, 3.63) is 28.1 Å². The van der Waals surface area contributed by atoms with Crippen molar-refractivity contribution in [3.63, 3.8) is 0 Å². The Morgan fingerprint density at radius 2 is 2.00 bits per heavy atom. The molecule has 0 aliphatic heterocycles. The van der Waals surface area contributed by atoms with Crippen LogP contribution in [0.4, 0.5) is 0 Å². The van der Waals surface area contributed by atoms with Crippen LogP contribution in [0.2, 0.25) is 0 Å². The summed E-state index contributed by atoms with van der Waals surface area (Å²) in [4.78, 5) is 29.2. The largest absolute Gasteiger partial charge is 0.465 e. The molecule has 0 unspecified atom stereocenters. The fourth-order valence-electron chi connectivity index (χ4n) is 2.74. The number of benzene rings is 1. The molecule has 5 nitrogen and oxygen atoms in total. The minimum atomic E-state index is -0.312. The second-order valence-electron chi connectivity index (χ2n) is 6.26. The first kappa shape index (κ1) is 16.9. The average Bonchev–Trinajstić information content (AvgIpc) is 2.75. The second kappa shape index (κ2) is 6.89. The van der Waals surface area contributed by atoms with E-state index in [0.29, 0.717) is 11.4 Å². The van der Waals surface area contributed by atoms with Crippen molar-refractivity contribution in [3.8, 4) is 0 Å². The van der Waals surface area contributed by atoms with Crippen molar-refractivity contribution in [2.24, 2.45) is 10.9 Å². The molecule has 1 aromatic carbocycles. The minimum Gasteiger partial charge on any atom is -0.465 e. The van der Waals surface area contributed by atoms with E-state index >= 15 is 0 Å². The van der Waals surface area contributed by atoms with Crippen LogP contribution in [0.3, 0.4) is 0 Å². The molecule has 1 amide bonds. The summed E-state index contributed by atoms with van der Waals surface area (Å²) in [5, 5.41) is 0. The van der Waals surface area contributed by atoms with Crippen LogP contribution in [0.25, 0.3) is 10.2 Å². The standard InChI is InChI=1S/C18H22N2O3S/c1-4-23-16(21)10-20-14-8-11(2)12(3)9-15(14)24-18(20)19-17(22)13-6-5-7-13/h8-9,13H,4-7,10H2,1-3H3. The summed E-state index contributed by atoms with van der Waals surface area (Å²) in [6.07, 6.45) is 2.94. The zero-order chi connectivity index (χ0) is 17.3. The summed E-state index contributed by atoms with van der Waals surface area (Å²) in [6.45, 7) is 6.30. The first-order valence-electron chi connectivity index (χ1n) is 8.34. The Bertz CT molecular complexity index is 859. The first-order valence-corrected chi connectivity index (χ1v) is 9.16. The number of rotatable bonds is 4. The van der Waals surface area contributed by atoms with Crippen molar-refractivity contribution in [2.75, 3.05) is 6.61 Å². The molecule has 0 radical (unpaired) electrons. The van der Waals surface area contributed by atoms with Gasteiger partial charge in [0.25, 0.3) is 5.91 Å². The number of aromatic nitrogens is 1. The Kier molecular flexibility index (Phi) is 4.85. The summed E-state index contributed by atoms with van der Waals surface area (Å²) in [6, 6.07) is 4.14. The number of thiazole rings is 1. The summed E-state index contributed by atoms with van der Waals surface area (Å²) in [5.74, 6) is -0.332. The van der Waals surface area contributed by atoms with Crippen molar-refractivity contribution >= 4 is 33.4 Å². The second-order valence-corrected chi connectivity index (χ2v) is 7.27. The summed E-state index contributed by atoms with van der Waals surface area (Å²) in [7, 11) is 0. The van der Waals surface area contributed by atoms with Gasteiger partial charge in [0.1, 0.15) is 6.54 Å². The molecule has 128 valence electrons. The van der Waals surface area contributed by atoms with Crippen molar-refractivity contribution in [1.29, 1.82) is 0 Å². The SMILES string of the molecule is CCOC(=O)Cn1c(=NC(=O)C2CCC2)sc2cc(C)c(C)cc21. The maximum Gasteiger partial charge on any atom is 0.326 e. The zero-order valence-electron chi connectivity index (χ0n) is 14.3. The van der Waals surface area contributed by atoms with E-state index in [2.05, 4.69) is 18.0 Å². The molecule has 0 N–H and O–H groups in total. The van der Waals surface area contributed by atoms with Crippen molar-refractivity contribution < 1.29 is 14.3 Å². The van der Waals surface area contributed by atoms with Gasteiger partial charge >= 0.3 is 5.97 Å². The maximum absolute atomic E-state index is 12.3. The van der Waals surface area contributed by atoms with E-state index in [1.165, 1.54) is 16.9 Å². The Balaban J connectivity index is 2.09. The van der Waals surface area contributed by atoms with E-state index in [0.717, 1.165) is 35.0 Å². The predicted octanol–water partition coefficient (Wildman–Crippen LogP) is 3.11. The van der Waals surface area contributed by atoms with E-state index in [4.69, 9.17) is 4.74 Å². The molecule has 0 saturated heterocycles. The molecule has 24 heavy (non-hydrogen) atoms. The third-order valence-electron chi connectivity index (χ3n) is 4.55. The van der Waals surface area contributed by atoms with Gasteiger partial charge in [-0.1, -0.05) is 17.8 Å². The number of nitrogens with zero attached hydrogens (tertiary/aromatic N) is 2. The molecular weight excluding hydrogens is 324 g/mol. The Labute approximate surface area is 145 Å². The topological polar surface area (TPSA) is 60.7 Å². The molecule has 0 atom stereocenters. The highest BCUT2D eigenvalue weighted by Gasteiger charge is 2.25. The number of hydrogen-bond donors (Lipinski definition) is 0. The van der Waals surface area contributed by atoms with Gasteiger partial charge in [-0.05, 0) is 56.9 Å². The van der Waals surface area contributed by atoms with Gasteiger partial charge in [0.15, 0.2) is 4.80 Å². The van der Waals surface area contributed by atoms with E-state index in [1.807, 2.05) is 13.0 Å². The normalized spacial score (nSPS) is 15.5. The smallest absolute Gasteiger partial charge is 0.326 e. The third kappa shape index (κ3) is 3.29. The fraction of sp³-hybridized carbons (Fsp3) is 0.500. The highest BCUT2D eigenvalue weighted by molar-refractivity contribution is 7.16. The lowest BCUT2D eigenvalue weighted by Crippen LogP contribution is -2.26. The molecule has 0 bridgehead atoms. The van der Waals surface area contributed by atoms with Crippen LogP contribution in [0.1, 0.15) is 37.3 Å². The Morgan fingerprint density at radius 1 is 1.29 bits per heavy atom. The molecule has 2 aromatic rings. The summed E-state index contributed by atoms with van der Waals surface area (Å²) >= 11 is 1.45. The van der Waals surface area contributed by atoms with Crippen molar-refractivity contribution in [2.45, 2.75) is 46.6 Å². The molecule has 1 fully saturated rings. The molecule has 0 spiro atoms. The number of carbonyl (C=O) groups is 2. The number of ether oxygens (including phenoxy) is 1. The number of fused-ring (bicyclic) bond motifs is 1. The summed E-state index contributed by atoms with van der Waals surface area (Å²) < 4.78 is 7.91. The minimum absolute atomic E-state index is 0.0507. The number of hydrogen-bond acceptors (Lipinski definition) is 4. The lowest BCUT2D eigenvalue weighted by molar-refractivity contribution is -0.143. The molecule has 3 rings (SSSR count). The van der Waals surface area contributed by atoms with Gasteiger partial charge in [-0.25, -0.2) is 0 Å². The van der Waals surface area contributed by atoms with E-state index in [9.17, 15) is 9.59 Å². The van der Waals surface area contributed by atoms with Crippen LogP contribution in [-0.2, 0) is 20.9 Å². The molecule has 1 aliphatic rings. The van der Waals surface area contributed by atoms with Gasteiger partial charge in [0, 0.05) is 5.92 Å². The zero-order valence-corrected chi connectivity index (χ0v) is 15.1. The van der Waals surface area contributed by atoms with E-state index in [1.54, 1.807) is 11.5 Å². The lowest BCUT2D eigenvalue weighted by Gasteiger charge is -2.20. The van der Waals surface area contributed by atoms with Crippen LogP contribution in [-0.4, -0.2) is 23.1 Å². The van der Waals surface area contributed by atoms with Crippen LogP contribution in [0.5, 0.6) is 0 Å². The quantitative estimate of drug-likeness (QED) is 0.799. The predicted molar refractivity (Wildman–Crippen MR) is 93.8 cm³/mol. The number of amides is 1. The average molecular weight is 346 g/mol. The highest BCUT2D eigenvalue weighted by Crippen LogP contribution is 2.27.